The van der Waals surface area contributed by atoms with E-state index in [4.69, 9.17) is 0 Å². The molecular weight excluding hydrogens is 252 g/mol. The van der Waals surface area contributed by atoms with E-state index in [1.807, 2.05) is 11.0 Å². The third-order valence-electron chi connectivity index (χ3n) is 4.48. The Morgan fingerprint density at radius 3 is 2.30 bits per heavy atom. The second kappa shape index (κ2) is 6.70. The van der Waals surface area contributed by atoms with Crippen molar-refractivity contribution in [3.63, 3.8) is 0 Å². The van der Waals surface area contributed by atoms with E-state index in [2.05, 4.69) is 35.5 Å². The van der Waals surface area contributed by atoms with Crippen molar-refractivity contribution in [1.29, 1.82) is 0 Å². The van der Waals surface area contributed by atoms with Crippen LogP contribution in [0.5, 0.6) is 0 Å². The zero-order chi connectivity index (χ0) is 14.6. The maximum Gasteiger partial charge on any atom is 0.242 e. The fourth-order valence-electron chi connectivity index (χ4n) is 3.06. The fraction of sp³-hybridized carbons (Fsp3) is 0.800. The summed E-state index contributed by atoms with van der Waals surface area (Å²) in [5.74, 6) is 0.276. The average Bonchev–Trinajstić information content (AvgIpc) is 2.48. The van der Waals surface area contributed by atoms with Crippen LogP contribution >= 0.6 is 0 Å². The molecule has 2 aliphatic heterocycles. The van der Waals surface area contributed by atoms with Gasteiger partial charge in [-0.2, -0.15) is 0 Å². The highest BCUT2D eigenvalue weighted by Gasteiger charge is 2.38. The van der Waals surface area contributed by atoms with E-state index in [0.29, 0.717) is 0 Å². The Kier molecular flexibility index (Phi) is 5.18. The van der Waals surface area contributed by atoms with Crippen LogP contribution in [0.15, 0.2) is 12.7 Å². The molecule has 5 nitrogen and oxygen atoms in total. The lowest BCUT2D eigenvalue weighted by Gasteiger charge is -2.44. The van der Waals surface area contributed by atoms with E-state index < -0.39 is 0 Å². The lowest BCUT2D eigenvalue weighted by atomic mass is 9.99. The van der Waals surface area contributed by atoms with Crippen LogP contribution in [0.3, 0.4) is 0 Å². The van der Waals surface area contributed by atoms with E-state index in [1.165, 1.54) is 0 Å². The monoisotopic (exact) mass is 280 g/mol. The Bertz CT molecular complexity index is 342. The minimum absolute atomic E-state index is 0.276. The van der Waals surface area contributed by atoms with Gasteiger partial charge in [-0.1, -0.05) is 6.08 Å². The summed E-state index contributed by atoms with van der Waals surface area (Å²) < 4.78 is 0. The van der Waals surface area contributed by atoms with Gasteiger partial charge >= 0.3 is 0 Å². The largest absolute Gasteiger partial charge is 0.339 e. The fourth-order valence-corrected chi connectivity index (χ4v) is 3.06. The molecular formula is C15H28N4O. The zero-order valence-electron chi connectivity index (χ0n) is 12.9. The molecule has 20 heavy (non-hydrogen) atoms. The maximum absolute atomic E-state index is 12.8. The molecule has 0 spiro atoms. The van der Waals surface area contributed by atoms with Crippen LogP contribution in [0, 0.1) is 0 Å². The number of carbonyl (C=O) groups is 1. The molecule has 2 heterocycles. The second-order valence-corrected chi connectivity index (χ2v) is 6.18. The third-order valence-corrected chi connectivity index (χ3v) is 4.48. The molecule has 2 saturated heterocycles. The Morgan fingerprint density at radius 1 is 1.15 bits per heavy atom. The first-order chi connectivity index (χ1) is 9.55. The van der Waals surface area contributed by atoms with Crippen molar-refractivity contribution >= 4 is 5.91 Å². The van der Waals surface area contributed by atoms with Crippen LogP contribution in [-0.2, 0) is 4.79 Å². The summed E-state index contributed by atoms with van der Waals surface area (Å²) in [6, 6.07) is 0. The highest BCUT2D eigenvalue weighted by atomic mass is 16.2. The van der Waals surface area contributed by atoms with E-state index in [0.717, 1.165) is 58.9 Å². The van der Waals surface area contributed by atoms with E-state index in [9.17, 15) is 4.79 Å². The number of hydrogen-bond donors (Lipinski definition) is 1. The number of nitrogens with zero attached hydrogens (tertiary/aromatic N) is 3. The SMILES string of the molecule is C=CCN1CCN(C(=O)C(C)(C)N2CCNCC2)CC1. The molecule has 0 bridgehead atoms. The van der Waals surface area contributed by atoms with Crippen molar-refractivity contribution in [1.82, 2.24) is 20.0 Å². The maximum atomic E-state index is 12.8. The summed E-state index contributed by atoms with van der Waals surface area (Å²) >= 11 is 0. The smallest absolute Gasteiger partial charge is 0.242 e. The molecule has 0 aliphatic carbocycles. The first-order valence-corrected chi connectivity index (χ1v) is 7.64. The molecule has 0 atom stereocenters. The Labute approximate surface area is 122 Å². The van der Waals surface area contributed by atoms with Gasteiger partial charge in [-0.25, -0.2) is 0 Å². The van der Waals surface area contributed by atoms with Crippen LogP contribution < -0.4 is 5.32 Å². The molecule has 0 unspecified atom stereocenters. The molecule has 0 aromatic rings. The predicted octanol–water partition coefficient (Wildman–Crippen LogP) is 0.000400. The molecule has 2 rings (SSSR count). The van der Waals surface area contributed by atoms with E-state index in [-0.39, 0.29) is 11.4 Å². The number of rotatable bonds is 4. The molecule has 114 valence electrons. The van der Waals surface area contributed by atoms with Crippen molar-refractivity contribution in [3.05, 3.63) is 12.7 Å². The molecule has 0 radical (unpaired) electrons. The topological polar surface area (TPSA) is 38.8 Å². The van der Waals surface area contributed by atoms with Crippen molar-refractivity contribution < 1.29 is 4.79 Å². The Balaban J connectivity index is 1.91. The highest BCUT2D eigenvalue weighted by molar-refractivity contribution is 5.85. The van der Waals surface area contributed by atoms with E-state index >= 15 is 0 Å². The first-order valence-electron chi connectivity index (χ1n) is 7.64. The molecule has 0 aromatic heterocycles. The quantitative estimate of drug-likeness (QED) is 0.736. The number of hydrogen-bond acceptors (Lipinski definition) is 4. The van der Waals surface area contributed by atoms with Gasteiger partial charge in [-0.15, -0.1) is 6.58 Å². The zero-order valence-corrected chi connectivity index (χ0v) is 12.9. The molecule has 0 aromatic carbocycles. The van der Waals surface area contributed by atoms with Crippen LogP contribution in [0.1, 0.15) is 13.8 Å². The van der Waals surface area contributed by atoms with Gasteiger partial charge < -0.3 is 10.2 Å². The highest BCUT2D eigenvalue weighted by Crippen LogP contribution is 2.19. The van der Waals surface area contributed by atoms with Gasteiger partial charge in [0.25, 0.3) is 0 Å². The van der Waals surface area contributed by atoms with Gasteiger partial charge in [0, 0.05) is 58.9 Å². The van der Waals surface area contributed by atoms with Gasteiger partial charge in [-0.05, 0) is 13.8 Å². The summed E-state index contributed by atoms with van der Waals surface area (Å²) in [6.07, 6.45) is 1.93. The normalized spacial score (nSPS) is 22.8. The summed E-state index contributed by atoms with van der Waals surface area (Å²) in [5.41, 5.74) is -0.386. The van der Waals surface area contributed by atoms with E-state index in [1.54, 1.807) is 0 Å². The lowest BCUT2D eigenvalue weighted by molar-refractivity contribution is -0.144. The Hall–Kier alpha value is -0.910. The number of piperazine rings is 2. The van der Waals surface area contributed by atoms with Gasteiger partial charge in [0.2, 0.25) is 5.91 Å². The minimum atomic E-state index is -0.386. The summed E-state index contributed by atoms with van der Waals surface area (Å²) in [5, 5.41) is 3.34. The Morgan fingerprint density at radius 2 is 1.75 bits per heavy atom. The van der Waals surface area contributed by atoms with Crippen molar-refractivity contribution in [2.75, 3.05) is 58.9 Å². The molecule has 1 N–H and O–H groups in total. The van der Waals surface area contributed by atoms with Gasteiger partial charge in [0.15, 0.2) is 0 Å². The molecule has 0 saturated carbocycles. The predicted molar refractivity (Wildman–Crippen MR) is 81.7 cm³/mol. The second-order valence-electron chi connectivity index (χ2n) is 6.18. The van der Waals surface area contributed by atoms with Gasteiger partial charge in [0.1, 0.15) is 0 Å². The number of nitrogens with one attached hydrogen (secondary N) is 1. The molecule has 2 fully saturated rings. The van der Waals surface area contributed by atoms with Gasteiger partial charge in [0.05, 0.1) is 5.54 Å². The van der Waals surface area contributed by atoms with Crippen molar-refractivity contribution in [2.45, 2.75) is 19.4 Å². The van der Waals surface area contributed by atoms with Crippen molar-refractivity contribution in [2.24, 2.45) is 0 Å². The minimum Gasteiger partial charge on any atom is -0.339 e. The summed E-state index contributed by atoms with van der Waals surface area (Å²) in [6.45, 7) is 16.3. The van der Waals surface area contributed by atoms with Crippen LogP contribution in [-0.4, -0.2) is 85.0 Å². The van der Waals surface area contributed by atoms with Crippen LogP contribution in [0.25, 0.3) is 0 Å². The van der Waals surface area contributed by atoms with Crippen LogP contribution in [0.2, 0.25) is 0 Å². The number of carbonyl (C=O) groups excluding carboxylic acids is 1. The summed E-state index contributed by atoms with van der Waals surface area (Å²) in [7, 11) is 0. The average molecular weight is 280 g/mol. The third kappa shape index (κ3) is 3.40. The standard InChI is InChI=1S/C15H28N4O/c1-4-7-17-10-12-18(13-11-17)14(20)15(2,3)19-8-5-16-6-9-19/h4,16H,1,5-13H2,2-3H3. The summed E-state index contributed by atoms with van der Waals surface area (Å²) in [4.78, 5) is 19.5. The first kappa shape index (κ1) is 15.5. The molecule has 5 heteroatoms. The molecule has 1 amide bonds. The van der Waals surface area contributed by atoms with Crippen molar-refractivity contribution in [3.8, 4) is 0 Å². The van der Waals surface area contributed by atoms with Crippen LogP contribution in [0.4, 0.5) is 0 Å². The molecule has 2 aliphatic rings. The lowest BCUT2D eigenvalue weighted by Crippen LogP contribution is -2.62. The van der Waals surface area contributed by atoms with Gasteiger partial charge in [-0.3, -0.25) is 14.6 Å². The number of amides is 1.